The first kappa shape index (κ1) is 26.4. The van der Waals surface area contributed by atoms with E-state index >= 15 is 0 Å². The Morgan fingerprint density at radius 1 is 1.14 bits per heavy atom. The highest BCUT2D eigenvalue weighted by Crippen LogP contribution is 2.39. The molecule has 2 aliphatic rings. The molecule has 2 amide bonds. The van der Waals surface area contributed by atoms with E-state index in [1.54, 1.807) is 12.1 Å². The maximum absolute atomic E-state index is 14.2. The van der Waals surface area contributed by atoms with Crippen LogP contribution in [0.25, 0.3) is 0 Å². The second kappa shape index (κ2) is 10.4. The van der Waals surface area contributed by atoms with E-state index in [1.807, 2.05) is 0 Å². The smallest absolute Gasteiger partial charge is 0.279 e. The molecular weight excluding hydrogens is 521 g/mol. The molecule has 0 radical (unpaired) electrons. The number of rotatable bonds is 10. The van der Waals surface area contributed by atoms with Crippen molar-refractivity contribution >= 4 is 39.3 Å². The van der Waals surface area contributed by atoms with Gasteiger partial charge in [0.2, 0.25) is 11.8 Å². The zero-order valence-electron chi connectivity index (χ0n) is 19.0. The lowest BCUT2D eigenvalue weighted by Crippen LogP contribution is -2.54. The molecule has 13 heteroatoms. The molecule has 0 spiro atoms. The maximum Gasteiger partial charge on any atom is 0.279 e. The van der Waals surface area contributed by atoms with Gasteiger partial charge in [-0.2, -0.15) is 12.7 Å². The van der Waals surface area contributed by atoms with Gasteiger partial charge in [-0.25, -0.2) is 17.9 Å². The van der Waals surface area contributed by atoms with Crippen molar-refractivity contribution in [3.63, 3.8) is 0 Å². The van der Waals surface area contributed by atoms with E-state index in [4.69, 9.17) is 11.6 Å². The van der Waals surface area contributed by atoms with Gasteiger partial charge in [-0.15, -0.1) is 0 Å². The minimum atomic E-state index is -3.72. The molecule has 36 heavy (non-hydrogen) atoms. The fraction of sp³-hybridized carbons (Fsp3) is 0.391. The molecule has 4 rings (SSSR count). The van der Waals surface area contributed by atoms with Crippen LogP contribution in [0.3, 0.4) is 0 Å². The molecule has 1 atom stereocenters. The van der Waals surface area contributed by atoms with Gasteiger partial charge < -0.3 is 5.32 Å². The van der Waals surface area contributed by atoms with E-state index in [1.165, 1.54) is 28.6 Å². The molecule has 1 aliphatic carbocycles. The maximum atomic E-state index is 14.2. The molecule has 1 saturated carbocycles. The number of alkyl halides is 2. The summed E-state index contributed by atoms with van der Waals surface area (Å²) in [5.41, 5.74) is 0.220. The van der Waals surface area contributed by atoms with Crippen LogP contribution in [0.1, 0.15) is 30.9 Å². The third-order valence-corrected chi connectivity index (χ3v) is 7.83. The first-order chi connectivity index (χ1) is 17.0. The summed E-state index contributed by atoms with van der Waals surface area (Å²) in [6.45, 7) is 0.497. The number of hydrogen-bond acceptors (Lipinski definition) is 4. The molecule has 1 heterocycles. The van der Waals surface area contributed by atoms with Crippen LogP contribution in [-0.4, -0.2) is 56.1 Å². The van der Waals surface area contributed by atoms with E-state index in [0.29, 0.717) is 13.1 Å². The summed E-state index contributed by atoms with van der Waals surface area (Å²) in [5.74, 6) is -5.03. The Bertz CT molecular complexity index is 1250. The SMILES string of the molecule is O=C(NC1CC(F)(F)C1)C(c1ccccc1Cl)N(C(=O)CCNS(=O)(=O)N1CC1)c1cccc(F)c1. The van der Waals surface area contributed by atoms with Crippen LogP contribution in [0.15, 0.2) is 48.5 Å². The zero-order valence-corrected chi connectivity index (χ0v) is 20.5. The number of benzene rings is 2. The Morgan fingerprint density at radius 2 is 1.83 bits per heavy atom. The van der Waals surface area contributed by atoms with Gasteiger partial charge in [-0.3, -0.25) is 14.5 Å². The van der Waals surface area contributed by atoms with Crippen molar-refractivity contribution in [2.24, 2.45) is 0 Å². The Morgan fingerprint density at radius 3 is 2.44 bits per heavy atom. The summed E-state index contributed by atoms with van der Waals surface area (Å²) >= 11 is 6.36. The summed E-state index contributed by atoms with van der Waals surface area (Å²) in [6.07, 6.45) is -1.44. The minimum Gasteiger partial charge on any atom is -0.351 e. The van der Waals surface area contributed by atoms with Crippen molar-refractivity contribution < 1.29 is 31.2 Å². The predicted octanol–water partition coefficient (Wildman–Crippen LogP) is 3.01. The first-order valence-corrected chi connectivity index (χ1v) is 13.0. The lowest BCUT2D eigenvalue weighted by Gasteiger charge is -2.38. The van der Waals surface area contributed by atoms with E-state index in [9.17, 15) is 31.2 Å². The molecular formula is C23H24ClF3N4O4S. The Balaban J connectivity index is 1.65. The normalized spacial score (nSPS) is 18.2. The van der Waals surface area contributed by atoms with E-state index in [-0.39, 0.29) is 29.2 Å². The third kappa shape index (κ3) is 6.17. The number of amides is 2. The number of nitrogens with zero attached hydrogens (tertiary/aromatic N) is 2. The van der Waals surface area contributed by atoms with Crippen LogP contribution in [0.4, 0.5) is 18.9 Å². The highest BCUT2D eigenvalue weighted by atomic mass is 35.5. The standard InChI is InChI=1S/C23H24ClF3N4O4S/c24-19-7-2-1-6-18(19)21(22(33)29-16-13-23(26,27)14-16)31(17-5-3-4-15(25)12-17)20(32)8-9-28-36(34,35)30-10-11-30/h1-7,12,16,21,28H,8-11,13-14H2,(H,29,33). The topological polar surface area (TPSA) is 98.6 Å². The largest absolute Gasteiger partial charge is 0.351 e. The molecule has 2 N–H and O–H groups in total. The summed E-state index contributed by atoms with van der Waals surface area (Å²) in [7, 11) is -3.72. The van der Waals surface area contributed by atoms with E-state index in [2.05, 4.69) is 10.0 Å². The number of nitrogens with one attached hydrogen (secondary N) is 2. The summed E-state index contributed by atoms with van der Waals surface area (Å²) in [4.78, 5) is 27.9. The number of anilines is 1. The fourth-order valence-electron chi connectivity index (χ4n) is 3.98. The van der Waals surface area contributed by atoms with Gasteiger partial charge in [0, 0.05) is 61.2 Å². The summed E-state index contributed by atoms with van der Waals surface area (Å²) in [5, 5.41) is 2.67. The van der Waals surface area contributed by atoms with Crippen LogP contribution in [-0.2, 0) is 19.8 Å². The molecule has 0 aromatic heterocycles. The average Bonchev–Trinajstić information content (AvgIpc) is 3.63. The van der Waals surface area contributed by atoms with Gasteiger partial charge in [0.05, 0.1) is 0 Å². The van der Waals surface area contributed by atoms with Crippen LogP contribution >= 0.6 is 11.6 Å². The van der Waals surface area contributed by atoms with Crippen molar-refractivity contribution in [2.75, 3.05) is 24.5 Å². The molecule has 8 nitrogen and oxygen atoms in total. The molecule has 1 aliphatic heterocycles. The number of carbonyl (C=O) groups excluding carboxylic acids is 2. The Labute approximate surface area is 211 Å². The van der Waals surface area contributed by atoms with E-state index < -0.39 is 58.7 Å². The van der Waals surface area contributed by atoms with Crippen molar-refractivity contribution in [1.29, 1.82) is 0 Å². The third-order valence-electron chi connectivity index (χ3n) is 5.87. The molecule has 2 aromatic rings. The quantitative estimate of drug-likeness (QED) is 0.449. The van der Waals surface area contributed by atoms with Crippen LogP contribution in [0, 0.1) is 5.82 Å². The molecule has 0 bridgehead atoms. The van der Waals surface area contributed by atoms with Gasteiger partial charge in [-0.05, 0) is 24.3 Å². The second-order valence-electron chi connectivity index (χ2n) is 8.69. The highest BCUT2D eigenvalue weighted by molar-refractivity contribution is 7.87. The molecule has 2 fully saturated rings. The van der Waals surface area contributed by atoms with Crippen molar-refractivity contribution in [1.82, 2.24) is 14.3 Å². The van der Waals surface area contributed by atoms with Crippen molar-refractivity contribution in [3.05, 3.63) is 64.9 Å². The van der Waals surface area contributed by atoms with Gasteiger partial charge >= 0.3 is 0 Å². The van der Waals surface area contributed by atoms with Crippen LogP contribution in [0.2, 0.25) is 5.02 Å². The zero-order chi connectivity index (χ0) is 26.1. The van der Waals surface area contributed by atoms with Crippen LogP contribution < -0.4 is 14.9 Å². The number of halogens is 4. The molecule has 1 unspecified atom stereocenters. The summed E-state index contributed by atoms with van der Waals surface area (Å²) < 4.78 is 68.6. The van der Waals surface area contributed by atoms with Gasteiger partial charge in [0.1, 0.15) is 11.9 Å². The minimum absolute atomic E-state index is 0.0211. The monoisotopic (exact) mass is 544 g/mol. The predicted molar refractivity (Wildman–Crippen MR) is 127 cm³/mol. The second-order valence-corrected chi connectivity index (χ2v) is 10.8. The fourth-order valence-corrected chi connectivity index (χ4v) is 5.32. The molecule has 1 saturated heterocycles. The Hall–Kier alpha value is -2.67. The van der Waals surface area contributed by atoms with Crippen LogP contribution in [0.5, 0.6) is 0 Å². The van der Waals surface area contributed by atoms with Gasteiger partial charge in [0.25, 0.3) is 16.1 Å². The summed E-state index contributed by atoms with van der Waals surface area (Å²) in [6, 6.07) is 8.95. The Kier molecular flexibility index (Phi) is 7.60. The number of hydrogen-bond donors (Lipinski definition) is 2. The average molecular weight is 545 g/mol. The highest BCUT2D eigenvalue weighted by Gasteiger charge is 2.47. The van der Waals surface area contributed by atoms with Crippen molar-refractivity contribution in [2.45, 2.75) is 37.3 Å². The van der Waals surface area contributed by atoms with Gasteiger partial charge in [-0.1, -0.05) is 35.9 Å². The lowest BCUT2D eigenvalue weighted by atomic mass is 9.87. The number of carbonyl (C=O) groups is 2. The lowest BCUT2D eigenvalue weighted by molar-refractivity contribution is -0.132. The van der Waals surface area contributed by atoms with E-state index in [0.717, 1.165) is 17.0 Å². The van der Waals surface area contributed by atoms with Crippen molar-refractivity contribution in [3.8, 4) is 0 Å². The molecule has 2 aromatic carbocycles. The first-order valence-electron chi connectivity index (χ1n) is 11.2. The molecule has 194 valence electrons. The van der Waals surface area contributed by atoms with Gasteiger partial charge in [0.15, 0.2) is 0 Å².